The van der Waals surface area contributed by atoms with E-state index >= 15 is 0 Å². The van der Waals surface area contributed by atoms with Crippen LogP contribution < -0.4 is 10.5 Å². The number of hydrogen-bond donors (Lipinski definition) is 2. The molecule has 0 unspecified atom stereocenters. The Labute approximate surface area is 187 Å². The Bertz CT molecular complexity index is 1380. The molecule has 1 fully saturated rings. The lowest BCUT2D eigenvalue weighted by atomic mass is 9.96. The van der Waals surface area contributed by atoms with Crippen molar-refractivity contribution < 1.29 is 9.59 Å². The van der Waals surface area contributed by atoms with Crippen LogP contribution in [0, 0.1) is 0 Å². The zero-order valence-electron chi connectivity index (χ0n) is 17.3. The van der Waals surface area contributed by atoms with E-state index in [1.165, 1.54) is 4.68 Å². The third-order valence-corrected chi connectivity index (χ3v) is 5.89. The summed E-state index contributed by atoms with van der Waals surface area (Å²) in [5.74, 6) is -1.32. The molecular formula is C23H20ClN5O3. The van der Waals surface area contributed by atoms with Crippen LogP contribution in [0.2, 0.25) is 5.02 Å². The summed E-state index contributed by atoms with van der Waals surface area (Å²) in [5, 5.41) is 3.53. The number of imide groups is 1. The number of rotatable bonds is 5. The van der Waals surface area contributed by atoms with Gasteiger partial charge in [-0.3, -0.25) is 19.5 Å². The van der Waals surface area contributed by atoms with Crippen molar-refractivity contribution in [3.05, 3.63) is 75.2 Å². The van der Waals surface area contributed by atoms with E-state index in [4.69, 9.17) is 11.6 Å². The number of imidazole rings is 1. The molecule has 1 saturated heterocycles. The van der Waals surface area contributed by atoms with Crippen LogP contribution in [0.3, 0.4) is 0 Å². The standard InChI is InChI=1S/C23H20ClN5O3/c1-2-6-18-20(15-12-19(30)28(21(15)31)14-8-5-7-13(24)11-14)22(32)29(27-18)23-25-16-9-3-4-10-17(16)26-23/h3-5,7-11,15,27H,2,6,12H2,1H3,(H,25,26)/t15-/m1/s1. The molecule has 2 amide bonds. The minimum Gasteiger partial charge on any atom is -0.322 e. The number of carbonyl (C=O) groups excluding carboxylic acids is 2. The number of halogens is 1. The molecule has 162 valence electrons. The highest BCUT2D eigenvalue weighted by Gasteiger charge is 2.43. The summed E-state index contributed by atoms with van der Waals surface area (Å²) in [6.45, 7) is 1.99. The maximum Gasteiger partial charge on any atom is 0.278 e. The molecule has 8 nitrogen and oxygen atoms in total. The molecule has 1 aliphatic rings. The second-order valence-electron chi connectivity index (χ2n) is 7.78. The largest absolute Gasteiger partial charge is 0.322 e. The van der Waals surface area contributed by atoms with E-state index in [2.05, 4.69) is 15.1 Å². The summed E-state index contributed by atoms with van der Waals surface area (Å²) in [4.78, 5) is 48.3. The summed E-state index contributed by atoms with van der Waals surface area (Å²) in [7, 11) is 0. The number of aromatic nitrogens is 4. The zero-order chi connectivity index (χ0) is 22.4. The van der Waals surface area contributed by atoms with Gasteiger partial charge in [-0.05, 0) is 36.8 Å². The van der Waals surface area contributed by atoms with Gasteiger partial charge >= 0.3 is 0 Å². The Morgan fingerprint density at radius 2 is 1.94 bits per heavy atom. The molecular weight excluding hydrogens is 430 g/mol. The predicted octanol–water partition coefficient (Wildman–Crippen LogP) is 3.69. The predicted molar refractivity (Wildman–Crippen MR) is 121 cm³/mol. The molecule has 32 heavy (non-hydrogen) atoms. The summed E-state index contributed by atoms with van der Waals surface area (Å²) in [5.41, 5.74) is 2.49. The Morgan fingerprint density at radius 3 is 2.69 bits per heavy atom. The first-order valence-corrected chi connectivity index (χ1v) is 10.8. The zero-order valence-corrected chi connectivity index (χ0v) is 18.0. The van der Waals surface area contributed by atoms with E-state index in [-0.39, 0.29) is 17.9 Å². The molecule has 0 bridgehead atoms. The van der Waals surface area contributed by atoms with E-state index < -0.39 is 11.8 Å². The normalized spacial score (nSPS) is 16.4. The van der Waals surface area contributed by atoms with Crippen LogP contribution in [0.25, 0.3) is 17.0 Å². The Balaban J connectivity index is 1.59. The van der Waals surface area contributed by atoms with Crippen LogP contribution in [0.15, 0.2) is 53.3 Å². The third-order valence-electron chi connectivity index (χ3n) is 5.66. The van der Waals surface area contributed by atoms with Gasteiger partial charge in [0.15, 0.2) is 0 Å². The Kier molecular flexibility index (Phi) is 4.94. The van der Waals surface area contributed by atoms with Gasteiger partial charge < -0.3 is 4.98 Å². The molecule has 0 radical (unpaired) electrons. The van der Waals surface area contributed by atoms with E-state index in [9.17, 15) is 14.4 Å². The van der Waals surface area contributed by atoms with Crippen molar-refractivity contribution >= 4 is 40.1 Å². The average molecular weight is 450 g/mol. The van der Waals surface area contributed by atoms with Gasteiger partial charge in [-0.2, -0.15) is 4.68 Å². The fourth-order valence-electron chi connectivity index (χ4n) is 4.23. The van der Waals surface area contributed by atoms with Gasteiger partial charge in [0.1, 0.15) is 0 Å². The molecule has 2 aromatic heterocycles. The number of amides is 2. The van der Waals surface area contributed by atoms with E-state index in [1.54, 1.807) is 24.3 Å². The number of para-hydroxylation sites is 2. The van der Waals surface area contributed by atoms with Crippen LogP contribution in [0.4, 0.5) is 5.69 Å². The fraction of sp³-hybridized carbons (Fsp3) is 0.217. The van der Waals surface area contributed by atoms with Crippen molar-refractivity contribution in [3.8, 4) is 5.95 Å². The molecule has 0 saturated carbocycles. The van der Waals surface area contributed by atoms with Crippen LogP contribution in [0.1, 0.15) is 36.9 Å². The molecule has 0 spiro atoms. The van der Waals surface area contributed by atoms with Crippen LogP contribution >= 0.6 is 11.6 Å². The molecule has 3 heterocycles. The van der Waals surface area contributed by atoms with Gasteiger partial charge in [0.2, 0.25) is 17.8 Å². The SMILES string of the molecule is CCCc1[nH]n(-c2nc3ccccc3[nH]2)c(=O)c1[C@H]1CC(=O)N(c2cccc(Cl)c2)C1=O. The molecule has 4 aromatic rings. The maximum absolute atomic E-state index is 13.4. The van der Waals surface area contributed by atoms with E-state index in [1.807, 2.05) is 31.2 Å². The van der Waals surface area contributed by atoms with Gasteiger partial charge in [0.25, 0.3) is 5.56 Å². The quantitative estimate of drug-likeness (QED) is 0.453. The number of nitrogens with one attached hydrogen (secondary N) is 2. The monoisotopic (exact) mass is 449 g/mol. The number of anilines is 1. The second kappa shape index (κ2) is 7.80. The summed E-state index contributed by atoms with van der Waals surface area (Å²) in [6.07, 6.45) is 1.25. The van der Waals surface area contributed by atoms with Crippen LogP contribution in [0.5, 0.6) is 0 Å². The molecule has 0 aliphatic carbocycles. The first kappa shape index (κ1) is 20.3. The summed E-state index contributed by atoms with van der Waals surface area (Å²) >= 11 is 6.05. The van der Waals surface area contributed by atoms with Gasteiger partial charge in [-0.25, -0.2) is 9.88 Å². The summed E-state index contributed by atoms with van der Waals surface area (Å²) < 4.78 is 1.32. The second-order valence-corrected chi connectivity index (χ2v) is 8.21. The van der Waals surface area contributed by atoms with Gasteiger partial charge in [0.05, 0.1) is 28.2 Å². The molecule has 2 aromatic carbocycles. The average Bonchev–Trinajstić information content (AvgIpc) is 3.41. The number of nitrogens with zero attached hydrogens (tertiary/aromatic N) is 3. The number of fused-ring (bicyclic) bond motifs is 1. The lowest BCUT2D eigenvalue weighted by Crippen LogP contribution is -2.31. The first-order valence-electron chi connectivity index (χ1n) is 10.4. The highest BCUT2D eigenvalue weighted by molar-refractivity contribution is 6.31. The van der Waals surface area contributed by atoms with Crippen molar-refractivity contribution in [2.24, 2.45) is 0 Å². The van der Waals surface area contributed by atoms with Crippen molar-refractivity contribution in [1.82, 2.24) is 19.7 Å². The molecule has 1 aliphatic heterocycles. The number of H-pyrrole nitrogens is 2. The minimum atomic E-state index is -0.864. The first-order chi connectivity index (χ1) is 15.5. The van der Waals surface area contributed by atoms with Crippen LogP contribution in [-0.4, -0.2) is 31.6 Å². The Hall–Kier alpha value is -3.65. The molecule has 1 atom stereocenters. The lowest BCUT2D eigenvalue weighted by Gasteiger charge is -2.15. The van der Waals surface area contributed by atoms with Crippen molar-refractivity contribution in [1.29, 1.82) is 0 Å². The van der Waals surface area contributed by atoms with E-state index in [0.717, 1.165) is 22.4 Å². The minimum absolute atomic E-state index is 0.0741. The smallest absolute Gasteiger partial charge is 0.278 e. The number of aromatic amines is 2. The topological polar surface area (TPSA) is 104 Å². The molecule has 9 heteroatoms. The third kappa shape index (κ3) is 3.23. The Morgan fingerprint density at radius 1 is 1.12 bits per heavy atom. The highest BCUT2D eigenvalue weighted by Crippen LogP contribution is 2.34. The number of aryl methyl sites for hydroxylation is 1. The molecule has 2 N–H and O–H groups in total. The van der Waals surface area contributed by atoms with E-state index in [0.29, 0.717) is 34.3 Å². The number of hydrogen-bond acceptors (Lipinski definition) is 4. The summed E-state index contributed by atoms with van der Waals surface area (Å²) in [6, 6.07) is 14.0. The van der Waals surface area contributed by atoms with Crippen molar-refractivity contribution in [3.63, 3.8) is 0 Å². The highest BCUT2D eigenvalue weighted by atomic mass is 35.5. The number of carbonyl (C=O) groups is 2. The molecule has 5 rings (SSSR count). The fourth-order valence-corrected chi connectivity index (χ4v) is 4.42. The van der Waals surface area contributed by atoms with Crippen molar-refractivity contribution in [2.75, 3.05) is 4.90 Å². The van der Waals surface area contributed by atoms with Gasteiger partial charge in [0, 0.05) is 17.1 Å². The lowest BCUT2D eigenvalue weighted by molar-refractivity contribution is -0.121. The van der Waals surface area contributed by atoms with Gasteiger partial charge in [-0.15, -0.1) is 0 Å². The number of benzene rings is 2. The van der Waals surface area contributed by atoms with Crippen LogP contribution in [-0.2, 0) is 16.0 Å². The van der Waals surface area contributed by atoms with Gasteiger partial charge in [-0.1, -0.05) is 43.1 Å². The maximum atomic E-state index is 13.4. The van der Waals surface area contributed by atoms with Crippen molar-refractivity contribution in [2.45, 2.75) is 32.1 Å².